The van der Waals surface area contributed by atoms with Gasteiger partial charge in [-0.2, -0.15) is 0 Å². The second kappa shape index (κ2) is 6.75. The van der Waals surface area contributed by atoms with E-state index in [2.05, 4.69) is 25.8 Å². The van der Waals surface area contributed by atoms with Gasteiger partial charge in [0.15, 0.2) is 0 Å². The normalized spacial score (nSPS) is 19.9. The van der Waals surface area contributed by atoms with Crippen LogP contribution in [-0.4, -0.2) is 42.0 Å². The fraction of sp³-hybridized carbons (Fsp3) is 0.625. The molecule has 0 unspecified atom stereocenters. The van der Waals surface area contributed by atoms with Crippen LogP contribution in [0.4, 0.5) is 5.82 Å². The number of pyridine rings is 1. The first-order chi connectivity index (χ1) is 10.6. The molecule has 3 rings (SSSR count). The smallest absolute Gasteiger partial charge is 0.225 e. The van der Waals surface area contributed by atoms with Gasteiger partial charge in [-0.1, -0.05) is 18.0 Å². The Bertz CT molecular complexity index is 556. The minimum Gasteiger partial charge on any atom is -0.355 e. The van der Waals surface area contributed by atoms with Crippen LogP contribution in [0, 0.1) is 5.92 Å². The number of hydrogen-bond donors (Lipinski definition) is 0. The Hall–Kier alpha value is -0.810. The van der Waals surface area contributed by atoms with Gasteiger partial charge in [0, 0.05) is 42.8 Å². The van der Waals surface area contributed by atoms with E-state index in [1.54, 1.807) is 6.20 Å². The number of nitrogens with zero attached hydrogens (tertiary/aromatic N) is 3. The average Bonchev–Trinajstić information content (AvgIpc) is 2.45. The van der Waals surface area contributed by atoms with Crippen molar-refractivity contribution in [1.29, 1.82) is 0 Å². The average molecular weight is 387 g/mol. The number of carbonyl (C=O) groups excluding carboxylic acids is 1. The molecular formula is C16H21BrClN3O. The van der Waals surface area contributed by atoms with Crippen molar-refractivity contribution in [1.82, 2.24) is 9.88 Å². The second-order valence-electron chi connectivity index (χ2n) is 6.25. The maximum Gasteiger partial charge on any atom is 0.225 e. The van der Waals surface area contributed by atoms with Gasteiger partial charge in [-0.05, 0) is 47.7 Å². The summed E-state index contributed by atoms with van der Waals surface area (Å²) in [5.41, 5.74) is 0. The zero-order valence-corrected chi connectivity index (χ0v) is 15.1. The number of carbonyl (C=O) groups is 1. The molecule has 0 spiro atoms. The summed E-state index contributed by atoms with van der Waals surface area (Å²) < 4.78 is 0.891. The van der Waals surface area contributed by atoms with Gasteiger partial charge in [-0.25, -0.2) is 4.98 Å². The molecule has 22 heavy (non-hydrogen) atoms. The van der Waals surface area contributed by atoms with E-state index in [1.807, 2.05) is 18.0 Å². The summed E-state index contributed by atoms with van der Waals surface area (Å²) in [6.45, 7) is 1.78. The van der Waals surface area contributed by atoms with E-state index in [4.69, 9.17) is 11.6 Å². The molecule has 1 saturated carbocycles. The molecule has 0 radical (unpaired) electrons. The second-order valence-corrected chi connectivity index (χ2v) is 7.58. The molecule has 1 aromatic heterocycles. The lowest BCUT2D eigenvalue weighted by molar-refractivity contribution is -0.139. The molecule has 4 nitrogen and oxygen atoms in total. The van der Waals surface area contributed by atoms with Crippen LogP contribution in [0.1, 0.15) is 32.1 Å². The predicted octanol–water partition coefficient (Wildman–Crippen LogP) is 3.72. The Labute approximate surface area is 145 Å². The van der Waals surface area contributed by atoms with Gasteiger partial charge in [0.25, 0.3) is 0 Å². The van der Waals surface area contributed by atoms with Crippen LogP contribution in [0.2, 0.25) is 5.02 Å². The van der Waals surface area contributed by atoms with Gasteiger partial charge in [0.2, 0.25) is 5.91 Å². The molecule has 0 aromatic carbocycles. The van der Waals surface area contributed by atoms with E-state index < -0.39 is 0 Å². The number of piperidine rings is 1. The first-order valence-electron chi connectivity index (χ1n) is 7.89. The van der Waals surface area contributed by atoms with E-state index >= 15 is 0 Å². The lowest BCUT2D eigenvalue weighted by Crippen LogP contribution is -2.48. The van der Waals surface area contributed by atoms with Crippen molar-refractivity contribution in [3.63, 3.8) is 0 Å². The van der Waals surface area contributed by atoms with Gasteiger partial charge in [0.1, 0.15) is 5.82 Å². The summed E-state index contributed by atoms with van der Waals surface area (Å²) in [7, 11) is 1.96. The number of aromatic nitrogens is 1. The number of halogens is 2. The third-order valence-corrected chi connectivity index (χ3v) is 5.61. The van der Waals surface area contributed by atoms with Crippen LogP contribution in [0.3, 0.4) is 0 Å². The van der Waals surface area contributed by atoms with Crippen molar-refractivity contribution >= 4 is 39.3 Å². The Morgan fingerprint density at radius 2 is 2.05 bits per heavy atom. The van der Waals surface area contributed by atoms with E-state index in [0.29, 0.717) is 17.0 Å². The quantitative estimate of drug-likeness (QED) is 0.794. The molecule has 120 valence electrons. The number of hydrogen-bond acceptors (Lipinski definition) is 3. The van der Waals surface area contributed by atoms with Crippen molar-refractivity contribution in [3.8, 4) is 0 Å². The molecule has 1 aromatic rings. The minimum atomic E-state index is 0.283. The van der Waals surface area contributed by atoms with Crippen molar-refractivity contribution in [2.45, 2.75) is 38.1 Å². The molecule has 0 atom stereocenters. The van der Waals surface area contributed by atoms with Crippen molar-refractivity contribution in [2.24, 2.45) is 5.92 Å². The summed E-state index contributed by atoms with van der Waals surface area (Å²) >= 11 is 9.66. The Morgan fingerprint density at radius 3 is 2.59 bits per heavy atom. The largest absolute Gasteiger partial charge is 0.355 e. The highest BCUT2D eigenvalue weighted by molar-refractivity contribution is 9.10. The fourth-order valence-corrected chi connectivity index (χ4v) is 3.98. The number of anilines is 1. The van der Waals surface area contributed by atoms with Crippen LogP contribution in [0.25, 0.3) is 0 Å². The molecule has 0 N–H and O–H groups in total. The lowest BCUT2D eigenvalue weighted by atomic mass is 9.84. The first-order valence-corrected chi connectivity index (χ1v) is 9.06. The number of amides is 1. The van der Waals surface area contributed by atoms with Crippen LogP contribution in [-0.2, 0) is 4.79 Å². The standard InChI is InChI=1S/C16H21BrClN3O/c1-20(16(22)11-3-2-4-11)13-5-7-21(8-6-13)15-14(18)9-12(17)10-19-15/h9-11,13H,2-8H2,1H3. The Kier molecular flexibility index (Phi) is 4.93. The summed E-state index contributed by atoms with van der Waals surface area (Å²) in [6.07, 6.45) is 7.07. The van der Waals surface area contributed by atoms with E-state index in [0.717, 1.165) is 49.1 Å². The molecular weight excluding hydrogens is 366 g/mol. The zero-order chi connectivity index (χ0) is 15.7. The molecule has 1 aliphatic carbocycles. The van der Waals surface area contributed by atoms with Crippen molar-refractivity contribution < 1.29 is 4.79 Å². The third-order valence-electron chi connectivity index (χ3n) is 4.90. The van der Waals surface area contributed by atoms with Gasteiger partial charge in [-0.15, -0.1) is 0 Å². The molecule has 2 aliphatic rings. The third kappa shape index (κ3) is 3.25. The van der Waals surface area contributed by atoms with Gasteiger partial charge in [0.05, 0.1) is 5.02 Å². The van der Waals surface area contributed by atoms with Gasteiger partial charge in [-0.3, -0.25) is 4.79 Å². The van der Waals surface area contributed by atoms with Crippen LogP contribution < -0.4 is 4.90 Å². The van der Waals surface area contributed by atoms with E-state index in [-0.39, 0.29) is 5.92 Å². The topological polar surface area (TPSA) is 36.4 Å². The first kappa shape index (κ1) is 16.1. The van der Waals surface area contributed by atoms with Gasteiger partial charge >= 0.3 is 0 Å². The summed E-state index contributed by atoms with van der Waals surface area (Å²) in [5.74, 6) is 1.46. The Morgan fingerprint density at radius 1 is 1.36 bits per heavy atom. The Balaban J connectivity index is 1.58. The molecule has 6 heteroatoms. The van der Waals surface area contributed by atoms with Crippen LogP contribution >= 0.6 is 27.5 Å². The molecule has 2 fully saturated rings. The zero-order valence-electron chi connectivity index (χ0n) is 12.8. The van der Waals surface area contributed by atoms with E-state index in [1.165, 1.54) is 6.42 Å². The summed E-state index contributed by atoms with van der Waals surface area (Å²) in [6, 6.07) is 2.22. The maximum atomic E-state index is 12.3. The maximum absolute atomic E-state index is 12.3. The lowest BCUT2D eigenvalue weighted by Gasteiger charge is -2.39. The molecule has 0 bridgehead atoms. The van der Waals surface area contributed by atoms with Gasteiger partial charge < -0.3 is 9.80 Å². The summed E-state index contributed by atoms with van der Waals surface area (Å²) in [4.78, 5) is 21.0. The molecule has 2 heterocycles. The summed E-state index contributed by atoms with van der Waals surface area (Å²) in [5, 5.41) is 0.673. The monoisotopic (exact) mass is 385 g/mol. The highest BCUT2D eigenvalue weighted by atomic mass is 79.9. The SMILES string of the molecule is CN(C(=O)C1CCC1)C1CCN(c2ncc(Br)cc2Cl)CC1. The minimum absolute atomic E-state index is 0.283. The number of rotatable bonds is 3. The predicted molar refractivity (Wildman–Crippen MR) is 92.3 cm³/mol. The fourth-order valence-electron chi connectivity index (χ4n) is 3.23. The highest BCUT2D eigenvalue weighted by Gasteiger charge is 2.32. The molecule has 1 aliphatic heterocycles. The van der Waals surface area contributed by atoms with Crippen molar-refractivity contribution in [2.75, 3.05) is 25.0 Å². The van der Waals surface area contributed by atoms with E-state index in [9.17, 15) is 4.79 Å². The highest BCUT2D eigenvalue weighted by Crippen LogP contribution is 2.31. The molecule has 1 saturated heterocycles. The van der Waals surface area contributed by atoms with Crippen LogP contribution in [0.5, 0.6) is 0 Å². The van der Waals surface area contributed by atoms with Crippen molar-refractivity contribution in [3.05, 3.63) is 21.8 Å². The molecule has 1 amide bonds. The van der Waals surface area contributed by atoms with Crippen LogP contribution in [0.15, 0.2) is 16.7 Å².